The van der Waals surface area contributed by atoms with Crippen molar-refractivity contribution < 1.29 is 14.3 Å². The summed E-state index contributed by atoms with van der Waals surface area (Å²) < 4.78 is 4.52. The maximum Gasteiger partial charge on any atom is 0.313 e. The number of esters is 1. The third-order valence-corrected chi connectivity index (χ3v) is 2.91. The second-order valence-electron chi connectivity index (χ2n) is 4.32. The molecular formula is C10H13N7O3. The van der Waals surface area contributed by atoms with Gasteiger partial charge in [0.15, 0.2) is 0 Å². The zero-order valence-corrected chi connectivity index (χ0v) is 10.8. The van der Waals surface area contributed by atoms with Crippen molar-refractivity contribution in [2.45, 2.75) is 12.8 Å². The molecule has 1 fully saturated rings. The molecule has 1 N–H and O–H groups in total. The number of rotatable bonds is 5. The highest BCUT2D eigenvalue weighted by atomic mass is 16.5. The Kier molecular flexibility index (Phi) is 4.16. The minimum absolute atomic E-state index is 0.0340. The zero-order valence-electron chi connectivity index (χ0n) is 10.8. The molecule has 0 aromatic carbocycles. The molecule has 1 aliphatic rings. The van der Waals surface area contributed by atoms with E-state index in [4.69, 9.17) is 5.53 Å². The van der Waals surface area contributed by atoms with Gasteiger partial charge in [-0.15, -0.1) is 5.10 Å². The van der Waals surface area contributed by atoms with E-state index >= 15 is 0 Å². The van der Waals surface area contributed by atoms with E-state index in [-0.39, 0.29) is 30.7 Å². The minimum atomic E-state index is -0.443. The number of amides is 1. The molecule has 0 bridgehead atoms. The Morgan fingerprint density at radius 2 is 2.50 bits per heavy atom. The summed E-state index contributed by atoms with van der Waals surface area (Å²) in [6.45, 7) is 0.658. The Balaban J connectivity index is 2.03. The van der Waals surface area contributed by atoms with Crippen LogP contribution in [0.5, 0.6) is 0 Å². The molecule has 2 rings (SSSR count). The third kappa shape index (κ3) is 3.04. The van der Waals surface area contributed by atoms with Gasteiger partial charge in [-0.2, -0.15) is 4.98 Å². The third-order valence-electron chi connectivity index (χ3n) is 2.91. The van der Waals surface area contributed by atoms with Crippen LogP contribution < -0.4 is 4.90 Å². The van der Waals surface area contributed by atoms with Crippen molar-refractivity contribution in [2.75, 3.05) is 25.1 Å². The van der Waals surface area contributed by atoms with Crippen LogP contribution in [0.25, 0.3) is 10.4 Å². The van der Waals surface area contributed by atoms with Crippen molar-refractivity contribution in [2.24, 2.45) is 11.0 Å². The Hall–Kier alpha value is -2.61. The Morgan fingerprint density at radius 1 is 1.70 bits per heavy atom. The molecule has 0 aliphatic carbocycles. The van der Waals surface area contributed by atoms with Crippen molar-refractivity contribution >= 4 is 17.8 Å². The van der Waals surface area contributed by atoms with Crippen molar-refractivity contribution in [3.05, 3.63) is 16.3 Å². The SMILES string of the molecule is COC(=O)Cc1nc(N2CC(CN=[N+]=[N-])CC2=O)n[nH]1. The van der Waals surface area contributed by atoms with Gasteiger partial charge in [-0.3, -0.25) is 19.6 Å². The normalized spacial score (nSPS) is 17.9. The fraction of sp³-hybridized carbons (Fsp3) is 0.600. The molecule has 1 unspecified atom stereocenters. The summed E-state index contributed by atoms with van der Waals surface area (Å²) in [6, 6.07) is 0. The maximum atomic E-state index is 11.8. The van der Waals surface area contributed by atoms with Gasteiger partial charge in [0.2, 0.25) is 5.91 Å². The number of nitrogens with zero attached hydrogens (tertiary/aromatic N) is 6. The second kappa shape index (κ2) is 6.02. The first-order valence-corrected chi connectivity index (χ1v) is 5.93. The number of H-pyrrole nitrogens is 1. The average molecular weight is 279 g/mol. The maximum absolute atomic E-state index is 11.8. The smallest absolute Gasteiger partial charge is 0.313 e. The van der Waals surface area contributed by atoms with Crippen molar-refractivity contribution in [1.82, 2.24) is 15.2 Å². The molecule has 1 atom stereocenters. The van der Waals surface area contributed by atoms with Crippen LogP contribution in [0.3, 0.4) is 0 Å². The average Bonchev–Trinajstić information content (AvgIpc) is 3.02. The number of hydrogen-bond donors (Lipinski definition) is 1. The van der Waals surface area contributed by atoms with E-state index in [1.165, 1.54) is 12.0 Å². The second-order valence-corrected chi connectivity index (χ2v) is 4.32. The van der Waals surface area contributed by atoms with Gasteiger partial charge >= 0.3 is 5.97 Å². The molecule has 2 heterocycles. The number of methoxy groups -OCH3 is 1. The van der Waals surface area contributed by atoms with Gasteiger partial charge in [0.05, 0.1) is 7.11 Å². The first kappa shape index (κ1) is 13.8. The topological polar surface area (TPSA) is 137 Å². The lowest BCUT2D eigenvalue weighted by Gasteiger charge is -2.10. The summed E-state index contributed by atoms with van der Waals surface area (Å²) in [4.78, 5) is 31.1. The van der Waals surface area contributed by atoms with Gasteiger partial charge in [0.1, 0.15) is 12.2 Å². The highest BCUT2D eigenvalue weighted by Crippen LogP contribution is 2.22. The van der Waals surface area contributed by atoms with Crippen LogP contribution in [-0.2, 0) is 20.7 Å². The largest absolute Gasteiger partial charge is 0.469 e. The first-order valence-electron chi connectivity index (χ1n) is 5.93. The Labute approximate surface area is 113 Å². The van der Waals surface area contributed by atoms with E-state index in [1.54, 1.807) is 0 Å². The van der Waals surface area contributed by atoms with Crippen LogP contribution in [0.15, 0.2) is 5.11 Å². The molecule has 10 heteroatoms. The number of ether oxygens (including phenoxy) is 1. The van der Waals surface area contributed by atoms with Gasteiger partial charge in [0.25, 0.3) is 5.95 Å². The minimum Gasteiger partial charge on any atom is -0.469 e. The molecule has 1 aromatic rings. The molecule has 0 saturated carbocycles. The number of aromatic nitrogens is 3. The van der Waals surface area contributed by atoms with Crippen LogP contribution in [0.2, 0.25) is 0 Å². The lowest BCUT2D eigenvalue weighted by atomic mass is 10.1. The van der Waals surface area contributed by atoms with E-state index in [0.717, 1.165) is 0 Å². The molecule has 1 aromatic heterocycles. The number of azide groups is 1. The van der Waals surface area contributed by atoms with Gasteiger partial charge in [0, 0.05) is 24.4 Å². The monoisotopic (exact) mass is 279 g/mol. The standard InChI is InChI=1S/C10H13N7O3/c1-20-9(19)3-7-13-10(15-14-7)17-5-6(2-8(17)18)4-12-16-11/h6H,2-5H2,1H3,(H,13,14,15). The van der Waals surface area contributed by atoms with Crippen molar-refractivity contribution in [3.8, 4) is 0 Å². The number of aromatic amines is 1. The predicted octanol–water partition coefficient (Wildman–Crippen LogP) is 0.183. The fourth-order valence-corrected chi connectivity index (χ4v) is 1.94. The quantitative estimate of drug-likeness (QED) is 0.355. The van der Waals surface area contributed by atoms with Crippen LogP contribution in [0, 0.1) is 5.92 Å². The summed E-state index contributed by atoms with van der Waals surface area (Å²) in [5, 5.41) is 9.96. The van der Waals surface area contributed by atoms with E-state index in [1.807, 2.05) is 0 Å². The number of hydrogen-bond acceptors (Lipinski definition) is 6. The first-order chi connectivity index (χ1) is 9.63. The zero-order chi connectivity index (χ0) is 14.5. The van der Waals surface area contributed by atoms with Gasteiger partial charge in [-0.05, 0) is 11.4 Å². The highest BCUT2D eigenvalue weighted by molar-refractivity contribution is 5.94. The van der Waals surface area contributed by atoms with Crippen molar-refractivity contribution in [3.63, 3.8) is 0 Å². The van der Waals surface area contributed by atoms with Crippen LogP contribution >= 0.6 is 0 Å². The number of carbonyl (C=O) groups is 2. The summed E-state index contributed by atoms with van der Waals surface area (Å²) >= 11 is 0. The summed E-state index contributed by atoms with van der Waals surface area (Å²) in [6.07, 6.45) is 0.258. The van der Waals surface area contributed by atoms with Crippen LogP contribution in [-0.4, -0.2) is 47.3 Å². The summed E-state index contributed by atoms with van der Waals surface area (Å²) in [5.41, 5.74) is 8.27. The summed E-state index contributed by atoms with van der Waals surface area (Å²) in [5.74, 6) is -0.0649. The molecule has 1 amide bonds. The number of anilines is 1. The lowest BCUT2D eigenvalue weighted by molar-refractivity contribution is -0.139. The Bertz CT molecular complexity index is 563. The van der Waals surface area contributed by atoms with Crippen molar-refractivity contribution in [1.29, 1.82) is 0 Å². The molecule has 106 valence electrons. The summed E-state index contributed by atoms with van der Waals surface area (Å²) in [7, 11) is 1.28. The molecule has 0 radical (unpaired) electrons. The predicted molar refractivity (Wildman–Crippen MR) is 66.6 cm³/mol. The van der Waals surface area contributed by atoms with Crippen LogP contribution in [0.4, 0.5) is 5.95 Å². The Morgan fingerprint density at radius 3 is 3.20 bits per heavy atom. The van der Waals surface area contributed by atoms with E-state index in [9.17, 15) is 9.59 Å². The molecule has 10 nitrogen and oxygen atoms in total. The number of nitrogens with one attached hydrogen (secondary N) is 1. The molecule has 1 aliphatic heterocycles. The van der Waals surface area contributed by atoms with E-state index < -0.39 is 5.97 Å². The van der Waals surface area contributed by atoms with E-state index in [0.29, 0.717) is 18.8 Å². The van der Waals surface area contributed by atoms with Gasteiger partial charge in [-0.25, -0.2) is 0 Å². The molecule has 20 heavy (non-hydrogen) atoms. The lowest BCUT2D eigenvalue weighted by Crippen LogP contribution is -2.26. The molecule has 1 saturated heterocycles. The molecule has 0 spiro atoms. The highest BCUT2D eigenvalue weighted by Gasteiger charge is 2.32. The van der Waals surface area contributed by atoms with E-state index in [2.05, 4.69) is 29.9 Å². The fourth-order valence-electron chi connectivity index (χ4n) is 1.94. The van der Waals surface area contributed by atoms with Gasteiger partial charge < -0.3 is 4.74 Å². The number of carbonyl (C=O) groups excluding carboxylic acids is 2. The van der Waals surface area contributed by atoms with Crippen LogP contribution in [0.1, 0.15) is 12.2 Å². The molecular weight excluding hydrogens is 266 g/mol. The van der Waals surface area contributed by atoms with Gasteiger partial charge in [-0.1, -0.05) is 5.11 Å².